The summed E-state index contributed by atoms with van der Waals surface area (Å²) in [5, 5.41) is 2.81. The van der Waals surface area contributed by atoms with Gasteiger partial charge in [0.2, 0.25) is 0 Å². The van der Waals surface area contributed by atoms with E-state index in [4.69, 9.17) is 17.3 Å². The van der Waals surface area contributed by atoms with Crippen molar-refractivity contribution in [3.63, 3.8) is 0 Å². The van der Waals surface area contributed by atoms with Crippen molar-refractivity contribution in [3.05, 3.63) is 49.6 Å². The number of anilines is 1. The highest BCUT2D eigenvalue weighted by Gasteiger charge is 2.10. The van der Waals surface area contributed by atoms with E-state index >= 15 is 0 Å². The minimum Gasteiger partial charge on any atom is -0.398 e. The lowest BCUT2D eigenvalue weighted by atomic mass is 10.1. The first-order valence-electron chi connectivity index (χ1n) is 5.13. The summed E-state index contributed by atoms with van der Waals surface area (Å²) in [5.41, 5.74) is 6.69. The molecule has 0 saturated carbocycles. The topological polar surface area (TPSA) is 55.1 Å². The number of nitrogens with one attached hydrogen (secondary N) is 1. The van der Waals surface area contributed by atoms with Crippen molar-refractivity contribution >= 4 is 50.5 Å². The number of amides is 1. The summed E-state index contributed by atoms with van der Waals surface area (Å²) in [7, 11) is 0. The molecule has 1 heterocycles. The molecule has 3 N–H and O–H groups in total. The quantitative estimate of drug-likeness (QED) is 0.834. The maximum Gasteiger partial charge on any atom is 0.253 e. The van der Waals surface area contributed by atoms with Crippen LogP contribution in [0.4, 0.5) is 5.69 Å². The number of carbonyl (C=O) groups is 1. The summed E-state index contributed by atoms with van der Waals surface area (Å²) < 4.78 is 1.53. The number of benzene rings is 1. The van der Waals surface area contributed by atoms with Gasteiger partial charge in [-0.3, -0.25) is 4.79 Å². The average molecular weight is 346 g/mol. The molecule has 94 valence electrons. The first-order chi connectivity index (χ1) is 8.56. The third-order valence-electron chi connectivity index (χ3n) is 2.31. The van der Waals surface area contributed by atoms with Gasteiger partial charge in [0.25, 0.3) is 5.91 Å². The molecule has 0 fully saturated rings. The first-order valence-corrected chi connectivity index (χ1v) is 7.12. The van der Waals surface area contributed by atoms with Gasteiger partial charge in [0.05, 0.1) is 16.4 Å². The van der Waals surface area contributed by atoms with Gasteiger partial charge in [0.1, 0.15) is 0 Å². The van der Waals surface area contributed by atoms with Crippen LogP contribution in [0.2, 0.25) is 4.34 Å². The Morgan fingerprint density at radius 2 is 2.17 bits per heavy atom. The molecule has 3 nitrogen and oxygen atoms in total. The summed E-state index contributed by atoms with van der Waals surface area (Å²) in [4.78, 5) is 13.0. The maximum atomic E-state index is 12.0. The zero-order chi connectivity index (χ0) is 13.1. The van der Waals surface area contributed by atoms with Crippen LogP contribution in [0.5, 0.6) is 0 Å². The molecule has 0 bridgehead atoms. The van der Waals surface area contributed by atoms with E-state index < -0.39 is 0 Å². The van der Waals surface area contributed by atoms with Crippen LogP contribution in [0, 0.1) is 0 Å². The Morgan fingerprint density at radius 3 is 2.83 bits per heavy atom. The van der Waals surface area contributed by atoms with E-state index in [0.29, 0.717) is 22.1 Å². The number of rotatable bonds is 3. The molecule has 0 atom stereocenters. The van der Waals surface area contributed by atoms with Crippen molar-refractivity contribution < 1.29 is 4.79 Å². The summed E-state index contributed by atoms with van der Waals surface area (Å²) in [6, 6.07) is 8.89. The molecule has 6 heteroatoms. The fourth-order valence-corrected chi connectivity index (χ4v) is 2.82. The lowest BCUT2D eigenvalue weighted by molar-refractivity contribution is 0.0952. The van der Waals surface area contributed by atoms with Crippen molar-refractivity contribution in [1.82, 2.24) is 5.32 Å². The predicted molar refractivity (Wildman–Crippen MR) is 79.1 cm³/mol. The lowest BCUT2D eigenvalue weighted by Gasteiger charge is -2.07. The summed E-state index contributed by atoms with van der Waals surface area (Å²) in [6.45, 7) is 0.447. The van der Waals surface area contributed by atoms with Gasteiger partial charge in [0.15, 0.2) is 0 Å². The van der Waals surface area contributed by atoms with Gasteiger partial charge in [-0.25, -0.2) is 0 Å². The number of hydrogen-bond donors (Lipinski definition) is 2. The van der Waals surface area contributed by atoms with E-state index in [1.165, 1.54) is 11.3 Å². The van der Waals surface area contributed by atoms with Crippen molar-refractivity contribution in [3.8, 4) is 0 Å². The third-order valence-corrected chi connectivity index (χ3v) is 4.04. The van der Waals surface area contributed by atoms with Gasteiger partial charge >= 0.3 is 0 Å². The number of hydrogen-bond acceptors (Lipinski definition) is 3. The second-order valence-corrected chi connectivity index (χ2v) is 6.34. The Hall–Kier alpha value is -1.04. The average Bonchev–Trinajstić information content (AvgIpc) is 2.75. The molecule has 0 aliphatic heterocycles. The Morgan fingerprint density at radius 1 is 1.39 bits per heavy atom. The monoisotopic (exact) mass is 344 g/mol. The first kappa shape index (κ1) is 13.4. The molecule has 0 saturated heterocycles. The van der Waals surface area contributed by atoms with Crippen LogP contribution in [-0.2, 0) is 6.54 Å². The van der Waals surface area contributed by atoms with Crippen LogP contribution < -0.4 is 11.1 Å². The molecule has 1 amide bonds. The molecule has 0 unspecified atom stereocenters. The number of thiophene rings is 1. The summed E-state index contributed by atoms with van der Waals surface area (Å²) >= 11 is 10.6. The smallest absolute Gasteiger partial charge is 0.253 e. The van der Waals surface area contributed by atoms with Crippen molar-refractivity contribution in [1.29, 1.82) is 0 Å². The molecule has 2 rings (SSSR count). The minimum absolute atomic E-state index is 0.196. The van der Waals surface area contributed by atoms with E-state index in [2.05, 4.69) is 21.2 Å². The van der Waals surface area contributed by atoms with Crippen LogP contribution in [0.15, 0.2) is 34.8 Å². The van der Waals surface area contributed by atoms with Crippen LogP contribution in [-0.4, -0.2) is 5.91 Å². The van der Waals surface area contributed by atoms with Gasteiger partial charge in [-0.15, -0.1) is 11.3 Å². The molecule has 0 spiro atoms. The fourth-order valence-electron chi connectivity index (χ4n) is 1.43. The zero-order valence-electron chi connectivity index (χ0n) is 9.24. The van der Waals surface area contributed by atoms with Crippen molar-refractivity contribution in [2.24, 2.45) is 0 Å². The maximum absolute atomic E-state index is 12.0. The molecule has 2 aromatic rings. The normalized spacial score (nSPS) is 10.3. The largest absolute Gasteiger partial charge is 0.398 e. The van der Waals surface area contributed by atoms with Crippen LogP contribution in [0.25, 0.3) is 0 Å². The Labute approximate surface area is 122 Å². The summed E-state index contributed by atoms with van der Waals surface area (Å²) in [6.07, 6.45) is 0. The number of halogens is 2. The molecule has 0 radical (unpaired) electrons. The molecule has 18 heavy (non-hydrogen) atoms. The highest BCUT2D eigenvalue weighted by molar-refractivity contribution is 9.10. The van der Waals surface area contributed by atoms with Crippen LogP contribution in [0.3, 0.4) is 0 Å². The minimum atomic E-state index is -0.196. The second kappa shape index (κ2) is 5.73. The van der Waals surface area contributed by atoms with Crippen LogP contribution >= 0.6 is 38.9 Å². The Bertz CT molecular complexity index is 585. The standard InChI is InChI=1S/C12H10BrClN2OS/c13-7-1-3-10(15)9(5-7)12(17)16-6-8-2-4-11(14)18-8/h1-5H,6,15H2,(H,16,17). The fraction of sp³-hybridized carbons (Fsp3) is 0.0833. The zero-order valence-corrected chi connectivity index (χ0v) is 12.4. The van der Waals surface area contributed by atoms with Crippen LogP contribution in [0.1, 0.15) is 15.2 Å². The molecular formula is C12H10BrClN2OS. The number of carbonyl (C=O) groups excluding carboxylic acids is 1. The summed E-state index contributed by atoms with van der Waals surface area (Å²) in [5.74, 6) is -0.196. The second-order valence-electron chi connectivity index (χ2n) is 3.62. The van der Waals surface area contributed by atoms with Gasteiger partial charge in [-0.2, -0.15) is 0 Å². The van der Waals surface area contributed by atoms with Gasteiger partial charge in [-0.1, -0.05) is 27.5 Å². The van der Waals surface area contributed by atoms with Gasteiger partial charge in [0, 0.05) is 15.0 Å². The van der Waals surface area contributed by atoms with E-state index in [1.807, 2.05) is 6.07 Å². The van der Waals surface area contributed by atoms with Crippen molar-refractivity contribution in [2.75, 3.05) is 5.73 Å². The highest BCUT2D eigenvalue weighted by Crippen LogP contribution is 2.22. The van der Waals surface area contributed by atoms with E-state index in [-0.39, 0.29) is 5.91 Å². The molecule has 1 aromatic heterocycles. The van der Waals surface area contributed by atoms with E-state index in [0.717, 1.165) is 9.35 Å². The van der Waals surface area contributed by atoms with E-state index in [1.54, 1.807) is 24.3 Å². The predicted octanol–water partition coefficient (Wildman–Crippen LogP) is 3.68. The number of nitrogen functional groups attached to an aromatic ring is 1. The molecule has 0 aliphatic rings. The highest BCUT2D eigenvalue weighted by atomic mass is 79.9. The SMILES string of the molecule is Nc1ccc(Br)cc1C(=O)NCc1ccc(Cl)s1. The number of nitrogens with two attached hydrogens (primary N) is 1. The van der Waals surface area contributed by atoms with Crippen molar-refractivity contribution in [2.45, 2.75) is 6.54 Å². The molecular weight excluding hydrogens is 336 g/mol. The lowest BCUT2D eigenvalue weighted by Crippen LogP contribution is -2.23. The Kier molecular flexibility index (Phi) is 4.27. The molecule has 0 aliphatic carbocycles. The van der Waals surface area contributed by atoms with E-state index in [9.17, 15) is 4.79 Å². The molecule has 1 aromatic carbocycles. The third kappa shape index (κ3) is 3.25. The Balaban J connectivity index is 2.05. The van der Waals surface area contributed by atoms with Gasteiger partial charge in [-0.05, 0) is 30.3 Å². The van der Waals surface area contributed by atoms with Gasteiger partial charge < -0.3 is 11.1 Å².